The highest BCUT2D eigenvalue weighted by Crippen LogP contribution is 2.22. The van der Waals surface area contributed by atoms with Crippen molar-refractivity contribution in [3.05, 3.63) is 46.7 Å². The van der Waals surface area contributed by atoms with E-state index in [1.807, 2.05) is 38.2 Å². The quantitative estimate of drug-likeness (QED) is 0.854. The number of hydrogen-bond donors (Lipinski definition) is 2. The van der Waals surface area contributed by atoms with Crippen LogP contribution in [0.3, 0.4) is 0 Å². The Morgan fingerprint density at radius 2 is 2.21 bits per heavy atom. The fraction of sp³-hybridized carbons (Fsp3) is 0.231. The molecule has 0 atom stereocenters. The van der Waals surface area contributed by atoms with Crippen LogP contribution in [0.5, 0.6) is 0 Å². The van der Waals surface area contributed by atoms with Gasteiger partial charge in [0, 0.05) is 24.0 Å². The number of anilines is 1. The fourth-order valence-electron chi connectivity index (χ4n) is 1.65. The normalized spacial score (nSPS) is 10.3. The van der Waals surface area contributed by atoms with E-state index in [1.54, 1.807) is 10.9 Å². The number of halogens is 1. The first-order valence-corrected chi connectivity index (χ1v) is 6.63. The third kappa shape index (κ3) is 3.45. The van der Waals surface area contributed by atoms with Crippen molar-refractivity contribution in [3.63, 3.8) is 0 Å². The minimum Gasteiger partial charge on any atom is -0.357 e. The van der Waals surface area contributed by atoms with Gasteiger partial charge in [-0.15, -0.1) is 0 Å². The molecule has 0 radical (unpaired) electrons. The number of aromatic nitrogens is 2. The van der Waals surface area contributed by atoms with Crippen LogP contribution in [0.4, 0.5) is 5.69 Å². The SMILES string of the molecule is Cc1c(Cl)cccc1NC(=S)NCc1ccnn1C. The van der Waals surface area contributed by atoms with Crippen LogP contribution in [0.15, 0.2) is 30.5 Å². The summed E-state index contributed by atoms with van der Waals surface area (Å²) in [6.07, 6.45) is 1.76. The Morgan fingerprint density at radius 1 is 1.42 bits per heavy atom. The maximum absolute atomic E-state index is 6.06. The van der Waals surface area contributed by atoms with Gasteiger partial charge in [0.1, 0.15) is 0 Å². The maximum atomic E-state index is 6.06. The molecule has 0 aliphatic rings. The molecule has 4 nitrogen and oxygen atoms in total. The van der Waals surface area contributed by atoms with E-state index in [1.165, 1.54) is 0 Å². The standard InChI is InChI=1S/C13H15ClN4S/c1-9-11(14)4-3-5-12(9)17-13(19)15-8-10-6-7-16-18(10)2/h3-7H,8H2,1-2H3,(H2,15,17,19). The second-order valence-electron chi connectivity index (χ2n) is 4.17. The summed E-state index contributed by atoms with van der Waals surface area (Å²) in [5.74, 6) is 0. The molecule has 0 saturated carbocycles. The number of nitrogens with zero attached hydrogens (tertiary/aromatic N) is 2. The van der Waals surface area contributed by atoms with Gasteiger partial charge >= 0.3 is 0 Å². The van der Waals surface area contributed by atoms with E-state index in [2.05, 4.69) is 15.7 Å². The van der Waals surface area contributed by atoms with Crippen LogP contribution in [0, 0.1) is 6.92 Å². The van der Waals surface area contributed by atoms with Crippen LogP contribution in [0.1, 0.15) is 11.3 Å². The topological polar surface area (TPSA) is 41.9 Å². The molecular formula is C13H15ClN4S. The summed E-state index contributed by atoms with van der Waals surface area (Å²) in [5, 5.41) is 11.7. The van der Waals surface area contributed by atoms with Gasteiger partial charge in [0.15, 0.2) is 5.11 Å². The van der Waals surface area contributed by atoms with Crippen LogP contribution in [0.25, 0.3) is 0 Å². The Hall–Kier alpha value is -1.59. The zero-order chi connectivity index (χ0) is 13.8. The summed E-state index contributed by atoms with van der Waals surface area (Å²) in [4.78, 5) is 0. The maximum Gasteiger partial charge on any atom is 0.171 e. The van der Waals surface area contributed by atoms with E-state index >= 15 is 0 Å². The van der Waals surface area contributed by atoms with Gasteiger partial charge < -0.3 is 10.6 Å². The predicted octanol–water partition coefficient (Wildman–Crippen LogP) is 2.87. The average Bonchev–Trinajstić information content (AvgIpc) is 2.78. The minimum absolute atomic E-state index is 0.562. The van der Waals surface area contributed by atoms with Crippen molar-refractivity contribution in [1.82, 2.24) is 15.1 Å². The second kappa shape index (κ2) is 6.04. The summed E-state index contributed by atoms with van der Waals surface area (Å²) in [7, 11) is 1.90. The van der Waals surface area contributed by atoms with Crippen molar-refractivity contribution in [1.29, 1.82) is 0 Å². The van der Waals surface area contributed by atoms with Gasteiger partial charge in [0.2, 0.25) is 0 Å². The number of nitrogens with one attached hydrogen (secondary N) is 2. The van der Waals surface area contributed by atoms with Crippen LogP contribution in [-0.2, 0) is 13.6 Å². The number of benzene rings is 1. The van der Waals surface area contributed by atoms with Crippen molar-refractivity contribution in [2.75, 3.05) is 5.32 Å². The van der Waals surface area contributed by atoms with Gasteiger partial charge in [-0.25, -0.2) is 0 Å². The monoisotopic (exact) mass is 294 g/mol. The highest BCUT2D eigenvalue weighted by Gasteiger charge is 2.04. The van der Waals surface area contributed by atoms with E-state index < -0.39 is 0 Å². The molecule has 0 fully saturated rings. The molecule has 0 spiro atoms. The van der Waals surface area contributed by atoms with E-state index in [-0.39, 0.29) is 0 Å². The molecule has 0 aliphatic carbocycles. The smallest absolute Gasteiger partial charge is 0.171 e. The number of thiocarbonyl (C=S) groups is 1. The van der Waals surface area contributed by atoms with Gasteiger partial charge in [-0.3, -0.25) is 4.68 Å². The molecule has 1 aromatic carbocycles. The van der Waals surface area contributed by atoms with Crippen LogP contribution in [-0.4, -0.2) is 14.9 Å². The first-order valence-electron chi connectivity index (χ1n) is 5.85. The molecule has 2 N–H and O–H groups in total. The number of aryl methyl sites for hydroxylation is 1. The Bertz CT molecular complexity index is 594. The Balaban J connectivity index is 1.95. The Kier molecular flexibility index (Phi) is 4.39. The lowest BCUT2D eigenvalue weighted by molar-refractivity contribution is 0.695. The van der Waals surface area contributed by atoms with Crippen molar-refractivity contribution in [2.24, 2.45) is 7.05 Å². The minimum atomic E-state index is 0.562. The molecule has 2 aromatic rings. The van der Waals surface area contributed by atoms with E-state index in [0.717, 1.165) is 22.0 Å². The number of rotatable bonds is 3. The molecule has 6 heteroatoms. The van der Waals surface area contributed by atoms with Crippen LogP contribution in [0.2, 0.25) is 5.02 Å². The third-order valence-electron chi connectivity index (χ3n) is 2.87. The van der Waals surface area contributed by atoms with Gasteiger partial charge in [-0.2, -0.15) is 5.10 Å². The highest BCUT2D eigenvalue weighted by molar-refractivity contribution is 7.80. The highest BCUT2D eigenvalue weighted by atomic mass is 35.5. The van der Waals surface area contributed by atoms with E-state index in [9.17, 15) is 0 Å². The molecule has 1 heterocycles. The van der Waals surface area contributed by atoms with Crippen molar-refractivity contribution < 1.29 is 0 Å². The van der Waals surface area contributed by atoms with Crippen molar-refractivity contribution in [3.8, 4) is 0 Å². The lowest BCUT2D eigenvalue weighted by Gasteiger charge is -2.13. The summed E-state index contributed by atoms with van der Waals surface area (Å²) in [5.41, 5.74) is 2.95. The summed E-state index contributed by atoms with van der Waals surface area (Å²) in [6, 6.07) is 7.63. The molecule has 0 amide bonds. The van der Waals surface area contributed by atoms with Crippen LogP contribution >= 0.6 is 23.8 Å². The van der Waals surface area contributed by atoms with E-state index in [0.29, 0.717) is 11.7 Å². The van der Waals surface area contributed by atoms with Crippen LogP contribution < -0.4 is 10.6 Å². The predicted molar refractivity (Wildman–Crippen MR) is 82.5 cm³/mol. The zero-order valence-corrected chi connectivity index (χ0v) is 12.3. The first kappa shape index (κ1) is 13.8. The van der Waals surface area contributed by atoms with Crippen molar-refractivity contribution >= 4 is 34.6 Å². The largest absolute Gasteiger partial charge is 0.357 e. The van der Waals surface area contributed by atoms with Gasteiger partial charge in [0.05, 0.1) is 12.2 Å². The molecular weight excluding hydrogens is 280 g/mol. The van der Waals surface area contributed by atoms with Gasteiger partial charge in [-0.05, 0) is 42.9 Å². The molecule has 100 valence electrons. The molecule has 0 saturated heterocycles. The summed E-state index contributed by atoms with van der Waals surface area (Å²) in [6.45, 7) is 2.58. The third-order valence-corrected chi connectivity index (χ3v) is 3.52. The molecule has 0 aliphatic heterocycles. The summed E-state index contributed by atoms with van der Waals surface area (Å²) < 4.78 is 1.81. The summed E-state index contributed by atoms with van der Waals surface area (Å²) >= 11 is 11.3. The van der Waals surface area contributed by atoms with Gasteiger partial charge in [-0.1, -0.05) is 17.7 Å². The number of hydrogen-bond acceptors (Lipinski definition) is 2. The second-order valence-corrected chi connectivity index (χ2v) is 4.98. The molecule has 19 heavy (non-hydrogen) atoms. The lowest BCUT2D eigenvalue weighted by atomic mass is 10.2. The van der Waals surface area contributed by atoms with E-state index in [4.69, 9.17) is 23.8 Å². The molecule has 1 aromatic heterocycles. The zero-order valence-electron chi connectivity index (χ0n) is 10.8. The van der Waals surface area contributed by atoms with Crippen molar-refractivity contribution in [2.45, 2.75) is 13.5 Å². The molecule has 0 unspecified atom stereocenters. The molecule has 2 rings (SSSR count). The Labute approximate surface area is 122 Å². The average molecular weight is 295 g/mol. The Morgan fingerprint density at radius 3 is 2.89 bits per heavy atom. The van der Waals surface area contributed by atoms with Gasteiger partial charge in [0.25, 0.3) is 0 Å². The fourth-order valence-corrected chi connectivity index (χ4v) is 2.01. The lowest BCUT2D eigenvalue weighted by Crippen LogP contribution is -2.29. The first-order chi connectivity index (χ1) is 9.08. The molecule has 0 bridgehead atoms.